The summed E-state index contributed by atoms with van der Waals surface area (Å²) in [7, 11) is 0. The van der Waals surface area contributed by atoms with Crippen LogP contribution in [-0.4, -0.2) is 24.5 Å². The molecule has 2 bridgehead atoms. The van der Waals surface area contributed by atoms with E-state index in [4.69, 9.17) is 0 Å². The fraction of sp³-hybridized carbons (Fsp3) is 0.909. The van der Waals surface area contributed by atoms with Gasteiger partial charge in [0.2, 0.25) is 5.91 Å². The van der Waals surface area contributed by atoms with Crippen molar-refractivity contribution in [1.29, 1.82) is 0 Å². The summed E-state index contributed by atoms with van der Waals surface area (Å²) in [5, 5.41) is 6.59. The number of hydrogen-bond acceptors (Lipinski definition) is 2. The van der Waals surface area contributed by atoms with Gasteiger partial charge in [0, 0.05) is 18.5 Å². The zero-order chi connectivity index (χ0) is 10.1. The lowest BCUT2D eigenvalue weighted by molar-refractivity contribution is -0.122. The molecule has 80 valence electrons. The second-order valence-electron chi connectivity index (χ2n) is 5.12. The molecule has 2 fully saturated rings. The van der Waals surface area contributed by atoms with Gasteiger partial charge in [0.15, 0.2) is 0 Å². The van der Waals surface area contributed by atoms with Crippen LogP contribution in [0.25, 0.3) is 0 Å². The largest absolute Gasteiger partial charge is 0.352 e. The molecule has 1 aliphatic heterocycles. The third kappa shape index (κ3) is 2.08. The van der Waals surface area contributed by atoms with Crippen LogP contribution < -0.4 is 10.6 Å². The first-order valence-corrected chi connectivity index (χ1v) is 5.68. The summed E-state index contributed by atoms with van der Waals surface area (Å²) in [6, 6.07) is 0.955. The van der Waals surface area contributed by atoms with Crippen LogP contribution in [0.15, 0.2) is 0 Å². The van der Waals surface area contributed by atoms with E-state index in [2.05, 4.69) is 24.5 Å². The van der Waals surface area contributed by atoms with Crippen molar-refractivity contribution in [3.63, 3.8) is 0 Å². The molecule has 2 rings (SSSR count). The van der Waals surface area contributed by atoms with Gasteiger partial charge in [-0.3, -0.25) is 4.79 Å². The number of hydrogen-bond donors (Lipinski definition) is 2. The molecule has 3 unspecified atom stereocenters. The topological polar surface area (TPSA) is 41.1 Å². The maximum atomic E-state index is 11.5. The summed E-state index contributed by atoms with van der Waals surface area (Å²) in [6.07, 6.45) is 3.10. The first kappa shape index (κ1) is 9.97. The second kappa shape index (κ2) is 3.89. The number of rotatable bonds is 3. The van der Waals surface area contributed by atoms with Crippen LogP contribution in [0.4, 0.5) is 0 Å². The van der Waals surface area contributed by atoms with E-state index in [0.717, 1.165) is 12.5 Å². The van der Waals surface area contributed by atoms with Crippen LogP contribution in [0.3, 0.4) is 0 Å². The van der Waals surface area contributed by atoms with Crippen molar-refractivity contribution < 1.29 is 4.79 Å². The van der Waals surface area contributed by atoms with E-state index in [1.54, 1.807) is 0 Å². The van der Waals surface area contributed by atoms with Gasteiger partial charge in [0.25, 0.3) is 0 Å². The van der Waals surface area contributed by atoms with Gasteiger partial charge in [-0.2, -0.15) is 0 Å². The third-order valence-corrected chi connectivity index (χ3v) is 3.27. The van der Waals surface area contributed by atoms with Crippen molar-refractivity contribution in [2.75, 3.05) is 6.54 Å². The van der Waals surface area contributed by atoms with E-state index in [1.807, 2.05) is 0 Å². The zero-order valence-electron chi connectivity index (χ0n) is 9.05. The molecular weight excluding hydrogens is 176 g/mol. The average molecular weight is 196 g/mol. The minimum atomic E-state index is 0.222. The molecular formula is C11H20N2O. The minimum Gasteiger partial charge on any atom is -0.352 e. The summed E-state index contributed by atoms with van der Waals surface area (Å²) < 4.78 is 0. The van der Waals surface area contributed by atoms with Crippen LogP contribution in [0.5, 0.6) is 0 Å². The number of fused-ring (bicyclic) bond motifs is 2. The predicted octanol–water partition coefficient (Wildman–Crippen LogP) is 0.899. The van der Waals surface area contributed by atoms with Crippen LogP contribution in [0, 0.1) is 11.8 Å². The molecule has 1 saturated carbocycles. The fourth-order valence-electron chi connectivity index (χ4n) is 2.65. The van der Waals surface area contributed by atoms with E-state index in [1.165, 1.54) is 12.8 Å². The smallest absolute Gasteiger partial charge is 0.220 e. The van der Waals surface area contributed by atoms with Crippen molar-refractivity contribution in [2.24, 2.45) is 11.8 Å². The highest BCUT2D eigenvalue weighted by Crippen LogP contribution is 2.31. The molecule has 1 aliphatic carbocycles. The van der Waals surface area contributed by atoms with E-state index < -0.39 is 0 Å². The van der Waals surface area contributed by atoms with E-state index >= 15 is 0 Å². The Bertz CT molecular complexity index is 227. The summed E-state index contributed by atoms with van der Waals surface area (Å²) in [4.78, 5) is 11.5. The average Bonchev–Trinajstić information content (AvgIpc) is 2.62. The highest BCUT2D eigenvalue weighted by molar-refractivity contribution is 5.76. The van der Waals surface area contributed by atoms with E-state index in [9.17, 15) is 4.79 Å². The molecule has 0 aromatic heterocycles. The Kier molecular flexibility index (Phi) is 2.77. The molecule has 2 N–H and O–H groups in total. The Morgan fingerprint density at radius 3 is 2.79 bits per heavy atom. The predicted molar refractivity (Wildman–Crippen MR) is 55.9 cm³/mol. The number of amides is 1. The number of piperidine rings is 1. The lowest BCUT2D eigenvalue weighted by Gasteiger charge is -2.24. The quantitative estimate of drug-likeness (QED) is 0.704. The molecule has 3 atom stereocenters. The van der Waals surface area contributed by atoms with Crippen LogP contribution in [0.1, 0.15) is 33.1 Å². The normalized spacial score (nSPS) is 35.2. The molecule has 0 aromatic carbocycles. The van der Waals surface area contributed by atoms with Crippen LogP contribution in [-0.2, 0) is 4.79 Å². The molecule has 2 aliphatic rings. The molecule has 3 heteroatoms. The Morgan fingerprint density at radius 1 is 1.50 bits per heavy atom. The Hall–Kier alpha value is -0.570. The second-order valence-corrected chi connectivity index (χ2v) is 5.12. The van der Waals surface area contributed by atoms with E-state index in [0.29, 0.717) is 24.4 Å². The van der Waals surface area contributed by atoms with Gasteiger partial charge in [0.05, 0.1) is 0 Å². The minimum absolute atomic E-state index is 0.222. The van der Waals surface area contributed by atoms with E-state index in [-0.39, 0.29) is 5.91 Å². The van der Waals surface area contributed by atoms with Gasteiger partial charge in [-0.05, 0) is 31.2 Å². The van der Waals surface area contributed by atoms with Crippen molar-refractivity contribution in [3.8, 4) is 0 Å². The van der Waals surface area contributed by atoms with Crippen LogP contribution >= 0.6 is 0 Å². The number of nitrogens with one attached hydrogen (secondary N) is 2. The Balaban J connectivity index is 1.78. The molecule has 0 radical (unpaired) electrons. The molecule has 14 heavy (non-hydrogen) atoms. The van der Waals surface area contributed by atoms with Gasteiger partial charge >= 0.3 is 0 Å². The lowest BCUT2D eigenvalue weighted by Crippen LogP contribution is -2.48. The standard InChI is InChI=1S/C11H20N2O/c1-7(2)3-11(14)13-10-5-8-4-9(10)12-6-8/h7-10,12H,3-6H2,1-2H3,(H,13,14). The molecule has 1 amide bonds. The molecule has 1 heterocycles. The van der Waals surface area contributed by atoms with Gasteiger partial charge in [-0.1, -0.05) is 13.8 Å². The van der Waals surface area contributed by atoms with Gasteiger partial charge in [-0.15, -0.1) is 0 Å². The Labute approximate surface area is 85.6 Å². The summed E-state index contributed by atoms with van der Waals surface area (Å²) in [5.41, 5.74) is 0. The molecule has 1 saturated heterocycles. The van der Waals surface area contributed by atoms with Crippen molar-refractivity contribution >= 4 is 5.91 Å². The molecule has 0 spiro atoms. The van der Waals surface area contributed by atoms with Crippen molar-refractivity contribution in [1.82, 2.24) is 10.6 Å². The van der Waals surface area contributed by atoms with Crippen molar-refractivity contribution in [3.05, 3.63) is 0 Å². The SMILES string of the molecule is CC(C)CC(=O)NC1CC2CNC1C2. The number of carbonyl (C=O) groups is 1. The zero-order valence-corrected chi connectivity index (χ0v) is 9.05. The van der Waals surface area contributed by atoms with Gasteiger partial charge < -0.3 is 10.6 Å². The summed E-state index contributed by atoms with van der Waals surface area (Å²) >= 11 is 0. The maximum absolute atomic E-state index is 11.5. The molecule has 3 nitrogen and oxygen atoms in total. The van der Waals surface area contributed by atoms with Crippen molar-refractivity contribution in [2.45, 2.75) is 45.2 Å². The summed E-state index contributed by atoms with van der Waals surface area (Å²) in [5.74, 6) is 1.49. The summed E-state index contributed by atoms with van der Waals surface area (Å²) in [6.45, 7) is 5.32. The third-order valence-electron chi connectivity index (χ3n) is 3.27. The Morgan fingerprint density at radius 2 is 2.29 bits per heavy atom. The monoisotopic (exact) mass is 196 g/mol. The first-order valence-electron chi connectivity index (χ1n) is 5.68. The number of carbonyl (C=O) groups excluding carboxylic acids is 1. The van der Waals surface area contributed by atoms with Gasteiger partial charge in [-0.25, -0.2) is 0 Å². The molecule has 0 aromatic rings. The first-order chi connectivity index (χ1) is 6.65. The highest BCUT2D eigenvalue weighted by Gasteiger charge is 2.39. The fourth-order valence-corrected chi connectivity index (χ4v) is 2.65. The maximum Gasteiger partial charge on any atom is 0.220 e. The van der Waals surface area contributed by atoms with Crippen LogP contribution in [0.2, 0.25) is 0 Å². The van der Waals surface area contributed by atoms with Gasteiger partial charge in [0.1, 0.15) is 0 Å². The lowest BCUT2D eigenvalue weighted by atomic mass is 10.1. The highest BCUT2D eigenvalue weighted by atomic mass is 16.1.